The predicted molar refractivity (Wildman–Crippen MR) is 91.8 cm³/mol. The van der Waals surface area contributed by atoms with Crippen LogP contribution in [0.25, 0.3) is 10.8 Å². The van der Waals surface area contributed by atoms with Crippen molar-refractivity contribution >= 4 is 22.4 Å². The van der Waals surface area contributed by atoms with Gasteiger partial charge in [-0.25, -0.2) is 0 Å². The van der Waals surface area contributed by atoms with Crippen molar-refractivity contribution < 1.29 is 9.21 Å². The molecule has 3 rings (SSSR count). The van der Waals surface area contributed by atoms with E-state index in [1.54, 1.807) is 12.1 Å². The fourth-order valence-electron chi connectivity index (χ4n) is 2.26. The predicted octanol–water partition coefficient (Wildman–Crippen LogP) is 3.57. The minimum Gasteiger partial charge on any atom is -0.467 e. The first-order valence-corrected chi connectivity index (χ1v) is 7.42. The van der Waals surface area contributed by atoms with Gasteiger partial charge in [-0.3, -0.25) is 4.79 Å². The smallest absolute Gasteiger partial charge is 0.263 e. The lowest BCUT2D eigenvalue weighted by Gasteiger charge is -2.05. The molecule has 1 aromatic heterocycles. The summed E-state index contributed by atoms with van der Waals surface area (Å²) in [6.07, 6.45) is 2.94. The lowest BCUT2D eigenvalue weighted by atomic mass is 10.1. The highest BCUT2D eigenvalue weighted by molar-refractivity contribution is 5.97. The molecule has 0 aliphatic rings. The molecule has 118 valence electrons. The summed E-state index contributed by atoms with van der Waals surface area (Å²) in [5.74, 6) is 0.172. The molecule has 0 spiro atoms. The lowest BCUT2D eigenvalue weighted by Crippen LogP contribution is -2.24. The van der Waals surface area contributed by atoms with Gasteiger partial charge in [0.2, 0.25) is 0 Å². The van der Waals surface area contributed by atoms with E-state index in [1.165, 1.54) is 12.5 Å². The van der Waals surface area contributed by atoms with Gasteiger partial charge in [0.25, 0.3) is 5.91 Å². The number of carbonyl (C=O) groups is 1. The number of hydrogen-bond acceptors (Lipinski definition) is 4. The van der Waals surface area contributed by atoms with Crippen LogP contribution in [0.1, 0.15) is 5.76 Å². The quantitative estimate of drug-likeness (QED) is 0.557. The van der Waals surface area contributed by atoms with Gasteiger partial charge in [0.1, 0.15) is 17.4 Å². The number of fused-ring (bicyclic) bond motifs is 1. The summed E-state index contributed by atoms with van der Waals surface area (Å²) in [5, 5.41) is 17.0. The number of benzene rings is 2. The van der Waals surface area contributed by atoms with Crippen LogP contribution < -0.4 is 10.6 Å². The molecule has 5 heteroatoms. The van der Waals surface area contributed by atoms with Gasteiger partial charge in [0, 0.05) is 11.9 Å². The standard InChI is InChI=1S/C19H15N3O2/c20-11-16(19(23)22-13-18-6-3-9-24-18)12-21-17-8-7-14-4-1-2-5-15(14)10-17/h1-10,12,21H,13H2,(H,22,23)/b16-12-. The van der Waals surface area contributed by atoms with Crippen LogP contribution in [0.5, 0.6) is 0 Å². The second-order valence-electron chi connectivity index (χ2n) is 5.14. The number of nitrogens with zero attached hydrogens (tertiary/aromatic N) is 1. The molecule has 0 saturated carbocycles. The third-order valence-electron chi connectivity index (χ3n) is 3.50. The van der Waals surface area contributed by atoms with Crippen molar-refractivity contribution in [3.05, 3.63) is 78.4 Å². The molecule has 1 amide bonds. The molecule has 0 atom stereocenters. The van der Waals surface area contributed by atoms with Crippen molar-refractivity contribution in [3.8, 4) is 6.07 Å². The van der Waals surface area contributed by atoms with Crippen molar-refractivity contribution in [2.24, 2.45) is 0 Å². The van der Waals surface area contributed by atoms with Crippen LogP contribution in [0.3, 0.4) is 0 Å². The van der Waals surface area contributed by atoms with E-state index in [2.05, 4.69) is 10.6 Å². The van der Waals surface area contributed by atoms with E-state index < -0.39 is 5.91 Å². The van der Waals surface area contributed by atoms with E-state index in [0.29, 0.717) is 5.76 Å². The van der Waals surface area contributed by atoms with Gasteiger partial charge in [-0.15, -0.1) is 0 Å². The zero-order valence-electron chi connectivity index (χ0n) is 12.8. The summed E-state index contributed by atoms with van der Waals surface area (Å²) in [7, 11) is 0. The number of hydrogen-bond donors (Lipinski definition) is 2. The zero-order chi connectivity index (χ0) is 16.8. The Morgan fingerprint density at radius 1 is 1.12 bits per heavy atom. The summed E-state index contributed by atoms with van der Waals surface area (Å²) >= 11 is 0. The van der Waals surface area contributed by atoms with Crippen LogP contribution in [0.2, 0.25) is 0 Å². The van der Waals surface area contributed by atoms with E-state index >= 15 is 0 Å². The number of rotatable bonds is 5. The third kappa shape index (κ3) is 3.62. The molecule has 0 bridgehead atoms. The van der Waals surface area contributed by atoms with E-state index in [4.69, 9.17) is 9.68 Å². The fourth-order valence-corrected chi connectivity index (χ4v) is 2.26. The lowest BCUT2D eigenvalue weighted by molar-refractivity contribution is -0.117. The number of furan rings is 1. The van der Waals surface area contributed by atoms with Crippen LogP contribution in [-0.4, -0.2) is 5.91 Å². The van der Waals surface area contributed by atoms with Gasteiger partial charge in [-0.05, 0) is 35.0 Å². The molecular weight excluding hydrogens is 302 g/mol. The largest absolute Gasteiger partial charge is 0.467 e. The van der Waals surface area contributed by atoms with Crippen LogP contribution in [0, 0.1) is 11.3 Å². The van der Waals surface area contributed by atoms with Gasteiger partial charge in [-0.1, -0.05) is 30.3 Å². The van der Waals surface area contributed by atoms with Gasteiger partial charge >= 0.3 is 0 Å². The highest BCUT2D eigenvalue weighted by atomic mass is 16.3. The van der Waals surface area contributed by atoms with Crippen molar-refractivity contribution in [1.82, 2.24) is 5.32 Å². The molecule has 2 N–H and O–H groups in total. The van der Waals surface area contributed by atoms with Crippen molar-refractivity contribution in [1.29, 1.82) is 5.26 Å². The maximum absolute atomic E-state index is 12.0. The summed E-state index contributed by atoms with van der Waals surface area (Å²) in [6, 6.07) is 19.2. The molecule has 24 heavy (non-hydrogen) atoms. The van der Waals surface area contributed by atoms with Crippen molar-refractivity contribution in [2.75, 3.05) is 5.32 Å². The van der Waals surface area contributed by atoms with Crippen LogP contribution in [0.4, 0.5) is 5.69 Å². The van der Waals surface area contributed by atoms with Gasteiger partial charge in [0.15, 0.2) is 0 Å². The second kappa shape index (κ2) is 7.16. The average Bonchev–Trinajstić information content (AvgIpc) is 3.14. The highest BCUT2D eigenvalue weighted by Gasteiger charge is 2.09. The first-order valence-electron chi connectivity index (χ1n) is 7.42. The minimum absolute atomic E-state index is 0.00489. The molecule has 1 heterocycles. The molecule has 0 fully saturated rings. The Balaban J connectivity index is 1.67. The van der Waals surface area contributed by atoms with Gasteiger partial charge in [0.05, 0.1) is 12.8 Å². The van der Waals surface area contributed by atoms with Crippen LogP contribution in [0.15, 0.2) is 77.1 Å². The number of nitrogens with one attached hydrogen (secondary N) is 2. The Bertz CT molecular complexity index is 921. The SMILES string of the molecule is N#C/C(=C/Nc1ccc2ccccc2c1)C(=O)NCc1ccco1. The number of anilines is 1. The summed E-state index contributed by atoms with van der Waals surface area (Å²) in [4.78, 5) is 12.0. The van der Waals surface area contributed by atoms with E-state index in [9.17, 15) is 4.79 Å². The Morgan fingerprint density at radius 3 is 2.71 bits per heavy atom. The maximum Gasteiger partial charge on any atom is 0.263 e. The molecule has 0 unspecified atom stereocenters. The summed E-state index contributed by atoms with van der Waals surface area (Å²) in [5.41, 5.74) is 0.801. The van der Waals surface area contributed by atoms with Crippen molar-refractivity contribution in [3.63, 3.8) is 0 Å². The summed E-state index contributed by atoms with van der Waals surface area (Å²) in [6.45, 7) is 0.237. The Morgan fingerprint density at radius 2 is 1.96 bits per heavy atom. The average molecular weight is 317 g/mol. The van der Waals surface area contributed by atoms with Crippen LogP contribution in [-0.2, 0) is 11.3 Å². The Labute approximate surface area is 139 Å². The second-order valence-corrected chi connectivity index (χ2v) is 5.14. The van der Waals surface area contributed by atoms with Crippen molar-refractivity contribution in [2.45, 2.75) is 6.54 Å². The number of amides is 1. The highest BCUT2D eigenvalue weighted by Crippen LogP contribution is 2.19. The van der Waals surface area contributed by atoms with Gasteiger partial charge < -0.3 is 15.1 Å². The molecule has 2 aromatic carbocycles. The Hall–Kier alpha value is -3.52. The maximum atomic E-state index is 12.0. The first-order chi connectivity index (χ1) is 11.8. The van der Waals surface area contributed by atoms with E-state index in [-0.39, 0.29) is 12.1 Å². The molecule has 3 aromatic rings. The van der Waals surface area contributed by atoms with E-state index in [0.717, 1.165) is 16.5 Å². The number of carbonyl (C=O) groups excluding carboxylic acids is 1. The molecule has 5 nitrogen and oxygen atoms in total. The normalized spacial score (nSPS) is 11.0. The summed E-state index contributed by atoms with van der Waals surface area (Å²) < 4.78 is 5.13. The number of nitriles is 1. The molecule has 0 aliphatic carbocycles. The molecule has 0 saturated heterocycles. The molecule has 0 aliphatic heterocycles. The topological polar surface area (TPSA) is 78.1 Å². The fraction of sp³-hybridized carbons (Fsp3) is 0.0526. The monoisotopic (exact) mass is 317 g/mol. The molecule has 0 radical (unpaired) electrons. The van der Waals surface area contributed by atoms with E-state index in [1.807, 2.05) is 48.5 Å². The Kier molecular flexibility index (Phi) is 4.59. The third-order valence-corrected chi connectivity index (χ3v) is 3.50. The molecular formula is C19H15N3O2. The first kappa shape index (κ1) is 15.4. The van der Waals surface area contributed by atoms with Crippen LogP contribution >= 0.6 is 0 Å². The minimum atomic E-state index is -0.456. The van der Waals surface area contributed by atoms with Gasteiger partial charge in [-0.2, -0.15) is 5.26 Å². The zero-order valence-corrected chi connectivity index (χ0v) is 12.8.